The fourth-order valence-electron chi connectivity index (χ4n) is 4.30. The number of aromatic nitrogens is 2. The number of nitrogens with zero attached hydrogens (tertiary/aromatic N) is 4. The zero-order valence-corrected chi connectivity index (χ0v) is 23.1. The molecule has 1 saturated carbocycles. The average Bonchev–Trinajstić information content (AvgIpc) is 2.87. The highest BCUT2D eigenvalue weighted by Crippen LogP contribution is 2.27. The molecule has 0 bridgehead atoms. The van der Waals surface area contributed by atoms with Crippen LogP contribution in [0.1, 0.15) is 41.6 Å². The van der Waals surface area contributed by atoms with Crippen molar-refractivity contribution < 1.29 is 19.4 Å². The fraction of sp³-hybridized carbons (Fsp3) is 0.500. The van der Waals surface area contributed by atoms with Crippen molar-refractivity contribution >= 4 is 57.8 Å². The monoisotopic (exact) mass is 628 g/mol. The third-order valence-electron chi connectivity index (χ3n) is 6.52. The molecule has 10 nitrogen and oxygen atoms in total. The maximum atomic E-state index is 13.2. The maximum absolute atomic E-state index is 13.2. The standard InChI is InChI=1S/C24H30ClIN6O4/c1-31-9-10-32(20(26)23(31)35)24-28-13-17(22(34)29-15-4-6-16(33)7-5-15)21(30-24)27-12-14-3-8-19(36-2)18(25)11-14/h3,8,11,13,15-16,20,33H,4-7,9-10,12H2,1-2H3,(H,29,34)(H,27,28,30). The molecule has 2 aromatic rings. The van der Waals surface area contributed by atoms with E-state index in [0.29, 0.717) is 60.6 Å². The number of alkyl halides is 1. The number of carbonyl (C=O) groups is 2. The first-order chi connectivity index (χ1) is 17.3. The van der Waals surface area contributed by atoms with Gasteiger partial charge in [0, 0.05) is 38.9 Å². The van der Waals surface area contributed by atoms with Crippen LogP contribution in [-0.2, 0) is 11.3 Å². The minimum atomic E-state index is -0.442. The smallest absolute Gasteiger partial charge is 0.256 e. The van der Waals surface area contributed by atoms with Gasteiger partial charge in [-0.25, -0.2) is 4.98 Å². The Kier molecular flexibility index (Phi) is 8.73. The van der Waals surface area contributed by atoms with Gasteiger partial charge in [0.05, 0.1) is 18.2 Å². The number of methoxy groups -OCH3 is 1. The summed E-state index contributed by atoms with van der Waals surface area (Å²) in [5.74, 6) is 1.03. The summed E-state index contributed by atoms with van der Waals surface area (Å²) in [7, 11) is 3.33. The van der Waals surface area contributed by atoms with Gasteiger partial charge in [-0.2, -0.15) is 4.98 Å². The van der Waals surface area contributed by atoms with Crippen LogP contribution < -0.4 is 20.3 Å². The first-order valence-electron chi connectivity index (χ1n) is 11.8. The molecule has 1 aromatic carbocycles. The lowest BCUT2D eigenvalue weighted by Gasteiger charge is -2.36. The molecular formula is C24H30ClIN6O4. The number of nitrogens with one attached hydrogen (secondary N) is 2. The van der Waals surface area contributed by atoms with Crippen molar-refractivity contribution in [2.75, 3.05) is 37.5 Å². The predicted octanol–water partition coefficient (Wildman–Crippen LogP) is 2.82. The van der Waals surface area contributed by atoms with Crippen molar-refractivity contribution in [3.8, 4) is 5.75 Å². The van der Waals surface area contributed by atoms with E-state index in [1.807, 2.05) is 11.0 Å². The van der Waals surface area contributed by atoms with Gasteiger partial charge in [-0.1, -0.05) is 17.7 Å². The minimum absolute atomic E-state index is 0.0113. The van der Waals surface area contributed by atoms with Gasteiger partial charge in [-0.3, -0.25) is 9.59 Å². The molecule has 1 atom stereocenters. The summed E-state index contributed by atoms with van der Waals surface area (Å²) in [4.78, 5) is 38.4. The van der Waals surface area contributed by atoms with Crippen molar-refractivity contribution in [3.63, 3.8) is 0 Å². The second kappa shape index (κ2) is 11.8. The number of likely N-dealkylation sites (N-methyl/N-ethyl adjacent to an activating group) is 1. The van der Waals surface area contributed by atoms with E-state index in [9.17, 15) is 14.7 Å². The van der Waals surface area contributed by atoms with Gasteiger partial charge in [0.25, 0.3) is 11.8 Å². The Hall–Kier alpha value is -2.38. The first kappa shape index (κ1) is 26.7. The van der Waals surface area contributed by atoms with Crippen LogP contribution in [0.2, 0.25) is 5.02 Å². The Morgan fingerprint density at radius 3 is 2.72 bits per heavy atom. The molecule has 12 heteroatoms. The van der Waals surface area contributed by atoms with Crippen LogP contribution >= 0.6 is 34.2 Å². The number of aliphatic hydroxyl groups excluding tert-OH is 1. The van der Waals surface area contributed by atoms with Crippen LogP contribution in [0.4, 0.5) is 11.8 Å². The largest absolute Gasteiger partial charge is 0.495 e. The van der Waals surface area contributed by atoms with Gasteiger partial charge in [-0.05, 0) is 66.0 Å². The van der Waals surface area contributed by atoms with Crippen molar-refractivity contribution in [3.05, 3.63) is 40.5 Å². The molecule has 0 spiro atoms. The predicted molar refractivity (Wildman–Crippen MR) is 146 cm³/mol. The number of amides is 2. The summed E-state index contributed by atoms with van der Waals surface area (Å²) in [6, 6.07) is 5.45. The van der Waals surface area contributed by atoms with E-state index >= 15 is 0 Å². The molecule has 2 aliphatic rings. The van der Waals surface area contributed by atoms with Gasteiger partial charge in [-0.15, -0.1) is 0 Å². The SMILES string of the molecule is COc1ccc(CNc2nc(N3CCN(C)C(=O)C3I)ncc2C(=O)NC2CCC(O)CC2)cc1Cl. The topological polar surface area (TPSA) is 120 Å². The number of aliphatic hydroxyl groups is 1. The molecule has 2 amide bonds. The van der Waals surface area contributed by atoms with E-state index in [0.717, 1.165) is 18.4 Å². The lowest BCUT2D eigenvalue weighted by Crippen LogP contribution is -2.53. The number of hydrogen-bond donors (Lipinski definition) is 3. The maximum Gasteiger partial charge on any atom is 0.256 e. The van der Waals surface area contributed by atoms with Crippen molar-refractivity contribution in [1.29, 1.82) is 0 Å². The van der Waals surface area contributed by atoms with Crippen molar-refractivity contribution in [2.45, 2.75) is 48.4 Å². The van der Waals surface area contributed by atoms with Gasteiger partial charge >= 0.3 is 0 Å². The summed E-state index contributed by atoms with van der Waals surface area (Å²) in [6.07, 6.45) is 3.97. The fourth-order valence-corrected chi connectivity index (χ4v) is 5.58. The molecule has 1 aromatic heterocycles. The molecular weight excluding hydrogens is 599 g/mol. The van der Waals surface area contributed by atoms with Crippen molar-refractivity contribution in [2.24, 2.45) is 0 Å². The second-order valence-corrected chi connectivity index (χ2v) is 10.6. The number of anilines is 2. The van der Waals surface area contributed by atoms with E-state index in [-0.39, 0.29) is 24.0 Å². The van der Waals surface area contributed by atoms with Gasteiger partial charge in [0.15, 0.2) is 4.05 Å². The molecule has 2 heterocycles. The quantitative estimate of drug-likeness (QED) is 0.243. The number of benzene rings is 1. The first-order valence-corrected chi connectivity index (χ1v) is 13.5. The Labute approximate surface area is 228 Å². The second-order valence-electron chi connectivity index (χ2n) is 9.02. The van der Waals surface area contributed by atoms with Gasteiger partial charge < -0.3 is 30.3 Å². The van der Waals surface area contributed by atoms with Crippen LogP contribution in [0.25, 0.3) is 0 Å². The molecule has 4 rings (SSSR count). The molecule has 1 aliphatic heterocycles. The molecule has 36 heavy (non-hydrogen) atoms. The highest BCUT2D eigenvalue weighted by molar-refractivity contribution is 14.1. The normalized spacial score (nSPS) is 22.4. The summed E-state index contributed by atoms with van der Waals surface area (Å²) in [6.45, 7) is 1.51. The Balaban J connectivity index is 1.58. The average molecular weight is 629 g/mol. The Morgan fingerprint density at radius 2 is 2.03 bits per heavy atom. The minimum Gasteiger partial charge on any atom is -0.495 e. The molecule has 2 fully saturated rings. The molecule has 1 saturated heterocycles. The Bertz CT molecular complexity index is 1110. The van der Waals surface area contributed by atoms with Crippen LogP contribution in [0, 0.1) is 0 Å². The summed E-state index contributed by atoms with van der Waals surface area (Å²) < 4.78 is 4.78. The summed E-state index contributed by atoms with van der Waals surface area (Å²) in [5.41, 5.74) is 1.20. The third kappa shape index (κ3) is 6.12. The zero-order valence-electron chi connectivity index (χ0n) is 20.2. The Morgan fingerprint density at radius 1 is 1.28 bits per heavy atom. The van der Waals surface area contributed by atoms with Crippen LogP contribution in [-0.4, -0.2) is 75.2 Å². The van der Waals surface area contributed by atoms with Gasteiger partial charge in [0.2, 0.25) is 5.95 Å². The molecule has 1 unspecified atom stereocenters. The highest BCUT2D eigenvalue weighted by atomic mass is 127. The zero-order chi connectivity index (χ0) is 25.8. The van der Waals surface area contributed by atoms with E-state index < -0.39 is 4.05 Å². The molecule has 0 radical (unpaired) electrons. The number of hydrogen-bond acceptors (Lipinski definition) is 8. The summed E-state index contributed by atoms with van der Waals surface area (Å²) in [5, 5.41) is 16.6. The third-order valence-corrected chi connectivity index (χ3v) is 8.02. The van der Waals surface area contributed by atoms with E-state index in [1.165, 1.54) is 6.20 Å². The van der Waals surface area contributed by atoms with E-state index in [1.54, 1.807) is 31.2 Å². The summed E-state index contributed by atoms with van der Waals surface area (Å²) >= 11 is 8.36. The van der Waals surface area contributed by atoms with Gasteiger partial charge in [0.1, 0.15) is 17.1 Å². The molecule has 1 aliphatic carbocycles. The lowest BCUT2D eigenvalue weighted by atomic mass is 9.93. The van der Waals surface area contributed by atoms with E-state index in [4.69, 9.17) is 16.3 Å². The molecule has 3 N–H and O–H groups in total. The highest BCUT2D eigenvalue weighted by Gasteiger charge is 2.33. The molecule has 194 valence electrons. The number of rotatable bonds is 7. The van der Waals surface area contributed by atoms with Crippen LogP contribution in [0.5, 0.6) is 5.75 Å². The number of halogens is 2. The van der Waals surface area contributed by atoms with Crippen LogP contribution in [0.3, 0.4) is 0 Å². The van der Waals surface area contributed by atoms with Crippen molar-refractivity contribution in [1.82, 2.24) is 20.2 Å². The lowest BCUT2D eigenvalue weighted by molar-refractivity contribution is -0.130. The number of carbonyl (C=O) groups excluding carboxylic acids is 2. The number of piperazine rings is 1. The van der Waals surface area contributed by atoms with Crippen LogP contribution in [0.15, 0.2) is 24.4 Å². The number of ether oxygens (including phenoxy) is 1. The van der Waals surface area contributed by atoms with E-state index in [2.05, 4.69) is 43.2 Å².